The van der Waals surface area contributed by atoms with Crippen molar-refractivity contribution < 1.29 is 9.53 Å². The van der Waals surface area contributed by atoms with Gasteiger partial charge in [0.2, 0.25) is 0 Å². The average molecular weight is 333 g/mol. The Kier molecular flexibility index (Phi) is 4.65. The van der Waals surface area contributed by atoms with E-state index in [4.69, 9.17) is 16.3 Å². The maximum Gasteiger partial charge on any atom is 0.254 e. The van der Waals surface area contributed by atoms with E-state index in [1.165, 1.54) is 0 Å². The highest BCUT2D eigenvalue weighted by Crippen LogP contribution is 2.19. The van der Waals surface area contributed by atoms with Gasteiger partial charge in [-0.05, 0) is 30.7 Å². The fourth-order valence-corrected chi connectivity index (χ4v) is 2.83. The number of benzene rings is 1. The van der Waals surface area contributed by atoms with Gasteiger partial charge in [0.05, 0.1) is 19.3 Å². The summed E-state index contributed by atoms with van der Waals surface area (Å²) in [6.45, 7) is 3.73. The molecule has 1 aliphatic heterocycles. The number of morpholine rings is 1. The molecule has 0 N–H and O–H groups in total. The lowest BCUT2D eigenvalue weighted by molar-refractivity contribution is 0.00521. The maximum absolute atomic E-state index is 12.5. The first kappa shape index (κ1) is 13.8. The summed E-state index contributed by atoms with van der Waals surface area (Å²) in [5.74, 6) is 0.0527. The summed E-state index contributed by atoms with van der Waals surface area (Å²) in [6.07, 6.45) is 0. The van der Waals surface area contributed by atoms with E-state index in [0.717, 1.165) is 10.9 Å². The molecule has 1 fully saturated rings. The van der Waals surface area contributed by atoms with E-state index in [0.29, 0.717) is 30.3 Å². The molecule has 98 valence electrons. The summed E-state index contributed by atoms with van der Waals surface area (Å²) in [7, 11) is 0. The van der Waals surface area contributed by atoms with Crippen LogP contribution in [0.2, 0.25) is 5.02 Å². The van der Waals surface area contributed by atoms with Crippen molar-refractivity contribution in [2.24, 2.45) is 0 Å². The van der Waals surface area contributed by atoms with E-state index in [1.54, 1.807) is 12.1 Å². The summed E-state index contributed by atoms with van der Waals surface area (Å²) < 4.78 is 5.39. The van der Waals surface area contributed by atoms with Crippen LogP contribution in [-0.4, -0.2) is 41.9 Å². The van der Waals surface area contributed by atoms with Gasteiger partial charge >= 0.3 is 0 Å². The summed E-state index contributed by atoms with van der Waals surface area (Å²) in [5, 5.41) is 1.38. The molecule has 1 atom stereocenters. The van der Waals surface area contributed by atoms with E-state index in [1.807, 2.05) is 17.9 Å². The van der Waals surface area contributed by atoms with Gasteiger partial charge in [0.1, 0.15) is 0 Å². The predicted molar refractivity (Wildman–Crippen MR) is 75.6 cm³/mol. The molecule has 0 radical (unpaired) electrons. The molecule has 1 amide bonds. The summed E-state index contributed by atoms with van der Waals surface area (Å²) in [6, 6.07) is 5.46. The standard InChI is InChI=1S/C13H15BrClNO2/c1-9-6-10(15)2-3-12(9)13(17)16-4-5-18-8-11(16)7-14/h2-3,6,11H,4-5,7-8H2,1H3. The van der Waals surface area contributed by atoms with Crippen LogP contribution in [0.3, 0.4) is 0 Å². The number of ether oxygens (including phenoxy) is 1. The van der Waals surface area contributed by atoms with E-state index in [2.05, 4.69) is 15.9 Å². The van der Waals surface area contributed by atoms with E-state index in [-0.39, 0.29) is 11.9 Å². The number of amides is 1. The molecule has 0 spiro atoms. The van der Waals surface area contributed by atoms with Gasteiger partial charge in [0.15, 0.2) is 0 Å². The Morgan fingerprint density at radius 1 is 1.61 bits per heavy atom. The first-order valence-electron chi connectivity index (χ1n) is 5.84. The van der Waals surface area contributed by atoms with Gasteiger partial charge < -0.3 is 9.64 Å². The Bertz CT molecular complexity index is 453. The predicted octanol–water partition coefficient (Wildman–Crippen LogP) is 2.88. The van der Waals surface area contributed by atoms with E-state index < -0.39 is 0 Å². The zero-order valence-electron chi connectivity index (χ0n) is 10.2. The third kappa shape index (κ3) is 2.87. The second-order valence-corrected chi connectivity index (χ2v) is 5.42. The van der Waals surface area contributed by atoms with Crippen molar-refractivity contribution in [3.8, 4) is 0 Å². The van der Waals surface area contributed by atoms with Crippen LogP contribution in [0.15, 0.2) is 18.2 Å². The Balaban J connectivity index is 2.24. The molecule has 0 bridgehead atoms. The zero-order chi connectivity index (χ0) is 13.1. The quantitative estimate of drug-likeness (QED) is 0.779. The third-order valence-electron chi connectivity index (χ3n) is 3.09. The SMILES string of the molecule is Cc1cc(Cl)ccc1C(=O)N1CCOCC1CBr. The Hall–Kier alpha value is -0.580. The van der Waals surface area contributed by atoms with Gasteiger partial charge in [-0.3, -0.25) is 4.79 Å². The molecule has 3 nitrogen and oxygen atoms in total. The van der Waals surface area contributed by atoms with Gasteiger partial charge in [-0.1, -0.05) is 27.5 Å². The van der Waals surface area contributed by atoms with Crippen molar-refractivity contribution >= 4 is 33.4 Å². The normalized spacial score (nSPS) is 19.9. The number of hydrogen-bond acceptors (Lipinski definition) is 2. The molecule has 1 heterocycles. The van der Waals surface area contributed by atoms with Gasteiger partial charge in [-0.2, -0.15) is 0 Å². The molecular weight excluding hydrogens is 318 g/mol. The summed E-state index contributed by atoms with van der Waals surface area (Å²) >= 11 is 9.34. The molecule has 18 heavy (non-hydrogen) atoms. The molecule has 1 aliphatic rings. The first-order valence-corrected chi connectivity index (χ1v) is 7.34. The van der Waals surface area contributed by atoms with Crippen LogP contribution in [0, 0.1) is 6.92 Å². The molecule has 0 saturated carbocycles. The molecule has 1 aromatic carbocycles. The van der Waals surface area contributed by atoms with Gasteiger partial charge in [0, 0.05) is 22.5 Å². The first-order chi connectivity index (χ1) is 8.63. The van der Waals surface area contributed by atoms with Crippen LogP contribution >= 0.6 is 27.5 Å². The number of alkyl halides is 1. The van der Waals surface area contributed by atoms with Crippen LogP contribution in [0.4, 0.5) is 0 Å². The molecule has 5 heteroatoms. The highest BCUT2D eigenvalue weighted by Gasteiger charge is 2.27. The number of aryl methyl sites for hydroxylation is 1. The van der Waals surface area contributed by atoms with Crippen LogP contribution in [0.5, 0.6) is 0 Å². The molecule has 2 rings (SSSR count). The van der Waals surface area contributed by atoms with Gasteiger partial charge in [0.25, 0.3) is 5.91 Å². The van der Waals surface area contributed by atoms with Crippen molar-refractivity contribution in [2.45, 2.75) is 13.0 Å². The lowest BCUT2D eigenvalue weighted by Crippen LogP contribution is -2.49. The highest BCUT2D eigenvalue weighted by atomic mass is 79.9. The summed E-state index contributed by atoms with van der Waals surface area (Å²) in [4.78, 5) is 14.4. The van der Waals surface area contributed by atoms with E-state index in [9.17, 15) is 4.79 Å². The minimum absolute atomic E-state index is 0.0527. The number of carbonyl (C=O) groups excluding carboxylic acids is 1. The van der Waals surface area contributed by atoms with Crippen molar-refractivity contribution in [3.63, 3.8) is 0 Å². The second-order valence-electron chi connectivity index (χ2n) is 4.34. The Morgan fingerprint density at radius 3 is 3.06 bits per heavy atom. The minimum atomic E-state index is 0.0527. The molecule has 0 aromatic heterocycles. The van der Waals surface area contributed by atoms with Gasteiger partial charge in [-0.25, -0.2) is 0 Å². The maximum atomic E-state index is 12.5. The fourth-order valence-electron chi connectivity index (χ4n) is 2.07. The lowest BCUT2D eigenvalue weighted by Gasteiger charge is -2.35. The number of carbonyl (C=O) groups is 1. The Labute approximate surface area is 120 Å². The second kappa shape index (κ2) is 6.04. The van der Waals surface area contributed by atoms with Crippen LogP contribution in [-0.2, 0) is 4.74 Å². The monoisotopic (exact) mass is 331 g/mol. The zero-order valence-corrected chi connectivity index (χ0v) is 12.5. The van der Waals surface area contributed by atoms with Gasteiger partial charge in [-0.15, -0.1) is 0 Å². The molecule has 1 aromatic rings. The molecular formula is C13H15BrClNO2. The largest absolute Gasteiger partial charge is 0.377 e. The Morgan fingerprint density at radius 2 is 2.39 bits per heavy atom. The molecule has 1 unspecified atom stereocenters. The van der Waals surface area contributed by atoms with Crippen molar-refractivity contribution in [2.75, 3.05) is 25.1 Å². The van der Waals surface area contributed by atoms with E-state index >= 15 is 0 Å². The van der Waals surface area contributed by atoms with Crippen LogP contribution < -0.4 is 0 Å². The van der Waals surface area contributed by atoms with Crippen molar-refractivity contribution in [3.05, 3.63) is 34.3 Å². The number of nitrogens with zero attached hydrogens (tertiary/aromatic N) is 1. The fraction of sp³-hybridized carbons (Fsp3) is 0.462. The average Bonchev–Trinajstić information content (AvgIpc) is 2.38. The minimum Gasteiger partial charge on any atom is -0.377 e. The smallest absolute Gasteiger partial charge is 0.254 e. The summed E-state index contributed by atoms with van der Waals surface area (Å²) in [5.41, 5.74) is 1.62. The van der Waals surface area contributed by atoms with Crippen LogP contribution in [0.1, 0.15) is 15.9 Å². The van der Waals surface area contributed by atoms with Crippen molar-refractivity contribution in [1.82, 2.24) is 4.90 Å². The topological polar surface area (TPSA) is 29.5 Å². The third-order valence-corrected chi connectivity index (χ3v) is 4.07. The molecule has 1 saturated heterocycles. The van der Waals surface area contributed by atoms with Crippen molar-refractivity contribution in [1.29, 1.82) is 0 Å². The van der Waals surface area contributed by atoms with Crippen LogP contribution in [0.25, 0.3) is 0 Å². The number of halogens is 2. The lowest BCUT2D eigenvalue weighted by atomic mass is 10.1. The number of rotatable bonds is 2. The highest BCUT2D eigenvalue weighted by molar-refractivity contribution is 9.09. The molecule has 0 aliphatic carbocycles. The number of hydrogen-bond donors (Lipinski definition) is 0.